The van der Waals surface area contributed by atoms with Crippen LogP contribution in [0.4, 0.5) is 11.9 Å². The summed E-state index contributed by atoms with van der Waals surface area (Å²) in [6.45, 7) is 6.16. The van der Waals surface area contributed by atoms with Gasteiger partial charge in [0.1, 0.15) is 0 Å². The van der Waals surface area contributed by atoms with E-state index >= 15 is 0 Å². The Hall–Kier alpha value is -2.02. The molecule has 0 bridgehead atoms. The van der Waals surface area contributed by atoms with Gasteiger partial charge < -0.3 is 10.2 Å². The normalized spacial score (nSPS) is 10.3. The van der Waals surface area contributed by atoms with Crippen molar-refractivity contribution in [1.82, 2.24) is 25.1 Å². The zero-order valence-electron chi connectivity index (χ0n) is 11.4. The molecule has 8 heteroatoms. The Labute approximate surface area is 122 Å². The molecular weight excluding hydrogens is 278 g/mol. The number of aromatic nitrogens is 5. The summed E-state index contributed by atoms with van der Waals surface area (Å²) in [4.78, 5) is 14.5. The van der Waals surface area contributed by atoms with Gasteiger partial charge in [-0.25, -0.2) is 0 Å². The SMILES string of the molecule is CCN(CC)c1nc(Cl)nc(NCc2cccnn2)n1. The molecule has 1 N–H and O–H groups in total. The van der Waals surface area contributed by atoms with Crippen molar-refractivity contribution in [3.05, 3.63) is 29.3 Å². The molecule has 0 aliphatic carbocycles. The molecule has 0 radical (unpaired) electrons. The van der Waals surface area contributed by atoms with E-state index in [0.717, 1.165) is 18.8 Å². The second-order valence-electron chi connectivity index (χ2n) is 3.97. The van der Waals surface area contributed by atoms with Crippen molar-refractivity contribution < 1.29 is 0 Å². The first-order chi connectivity index (χ1) is 9.72. The smallest absolute Gasteiger partial charge is 0.231 e. The highest BCUT2D eigenvalue weighted by Crippen LogP contribution is 2.13. The van der Waals surface area contributed by atoms with Crippen LogP contribution in [0.1, 0.15) is 19.5 Å². The van der Waals surface area contributed by atoms with E-state index in [1.165, 1.54) is 0 Å². The highest BCUT2D eigenvalue weighted by atomic mass is 35.5. The standard InChI is InChI=1S/C12H16ClN7/c1-3-20(4-2)12-17-10(13)16-11(18-12)14-8-9-6-5-7-15-19-9/h5-7H,3-4,8H2,1-2H3,(H,14,16,17,18). The summed E-state index contributed by atoms with van der Waals surface area (Å²) in [7, 11) is 0. The molecule has 2 aromatic heterocycles. The van der Waals surface area contributed by atoms with Crippen molar-refractivity contribution in [2.45, 2.75) is 20.4 Å². The van der Waals surface area contributed by atoms with Crippen molar-refractivity contribution in [3.63, 3.8) is 0 Å². The van der Waals surface area contributed by atoms with Gasteiger partial charge in [0.25, 0.3) is 0 Å². The van der Waals surface area contributed by atoms with Crippen molar-refractivity contribution in [2.75, 3.05) is 23.3 Å². The van der Waals surface area contributed by atoms with Gasteiger partial charge in [0.15, 0.2) is 0 Å². The van der Waals surface area contributed by atoms with Gasteiger partial charge in [-0.2, -0.15) is 25.1 Å². The lowest BCUT2D eigenvalue weighted by molar-refractivity contribution is 0.809. The van der Waals surface area contributed by atoms with Crippen LogP contribution < -0.4 is 10.2 Å². The summed E-state index contributed by atoms with van der Waals surface area (Å²) in [6, 6.07) is 3.69. The van der Waals surface area contributed by atoms with Crippen LogP contribution in [0.15, 0.2) is 18.3 Å². The maximum absolute atomic E-state index is 5.93. The van der Waals surface area contributed by atoms with Gasteiger partial charge in [-0.05, 0) is 37.6 Å². The van der Waals surface area contributed by atoms with Gasteiger partial charge in [-0.3, -0.25) is 0 Å². The van der Waals surface area contributed by atoms with Gasteiger partial charge >= 0.3 is 0 Å². The van der Waals surface area contributed by atoms with Crippen LogP contribution in [-0.2, 0) is 6.54 Å². The molecule has 2 rings (SSSR count). The first-order valence-corrected chi connectivity index (χ1v) is 6.77. The quantitative estimate of drug-likeness (QED) is 0.869. The third kappa shape index (κ3) is 3.74. The highest BCUT2D eigenvalue weighted by Gasteiger charge is 2.10. The molecule has 20 heavy (non-hydrogen) atoms. The predicted octanol–water partition coefficient (Wildman–Crippen LogP) is 1.77. The molecule has 0 atom stereocenters. The first-order valence-electron chi connectivity index (χ1n) is 6.40. The molecule has 7 nitrogen and oxygen atoms in total. The molecule has 0 spiro atoms. The van der Waals surface area contributed by atoms with E-state index in [-0.39, 0.29) is 5.28 Å². The minimum absolute atomic E-state index is 0.170. The number of nitrogens with zero attached hydrogens (tertiary/aromatic N) is 6. The molecule has 0 fully saturated rings. The molecule has 106 valence electrons. The Morgan fingerprint density at radius 1 is 1.20 bits per heavy atom. The molecule has 0 saturated carbocycles. The number of halogens is 1. The van der Waals surface area contributed by atoms with Gasteiger partial charge in [0.05, 0.1) is 12.2 Å². The van der Waals surface area contributed by atoms with Crippen molar-refractivity contribution in [3.8, 4) is 0 Å². The molecule has 0 aliphatic rings. The van der Waals surface area contributed by atoms with Crippen molar-refractivity contribution in [2.24, 2.45) is 0 Å². The zero-order chi connectivity index (χ0) is 14.4. The van der Waals surface area contributed by atoms with Crippen molar-refractivity contribution in [1.29, 1.82) is 0 Å². The Balaban J connectivity index is 2.12. The monoisotopic (exact) mass is 293 g/mol. The van der Waals surface area contributed by atoms with Crippen LogP contribution in [0.5, 0.6) is 0 Å². The third-order valence-electron chi connectivity index (χ3n) is 2.70. The van der Waals surface area contributed by atoms with Crippen LogP contribution in [0, 0.1) is 0 Å². The lowest BCUT2D eigenvalue weighted by Crippen LogP contribution is -2.25. The number of anilines is 2. The highest BCUT2D eigenvalue weighted by molar-refractivity contribution is 6.28. The summed E-state index contributed by atoms with van der Waals surface area (Å²) < 4.78 is 0. The minimum Gasteiger partial charge on any atom is -0.348 e. The zero-order valence-corrected chi connectivity index (χ0v) is 12.2. The molecule has 0 saturated heterocycles. The fourth-order valence-corrected chi connectivity index (χ4v) is 1.82. The van der Waals surface area contributed by atoms with E-state index in [1.807, 2.05) is 30.9 Å². The summed E-state index contributed by atoms with van der Waals surface area (Å²) in [5.41, 5.74) is 0.799. The number of rotatable bonds is 6. The van der Waals surface area contributed by atoms with E-state index in [9.17, 15) is 0 Å². The summed E-state index contributed by atoms with van der Waals surface area (Å²) in [6.07, 6.45) is 1.63. The maximum Gasteiger partial charge on any atom is 0.231 e. The van der Waals surface area contributed by atoms with Crippen LogP contribution in [-0.4, -0.2) is 38.2 Å². The van der Waals surface area contributed by atoms with Gasteiger partial charge in [-0.15, -0.1) is 0 Å². The predicted molar refractivity (Wildman–Crippen MR) is 77.8 cm³/mol. The molecule has 0 unspecified atom stereocenters. The Kier molecular flexibility index (Phi) is 5.00. The Morgan fingerprint density at radius 3 is 2.65 bits per heavy atom. The van der Waals surface area contributed by atoms with Crippen LogP contribution in [0.2, 0.25) is 5.28 Å². The average molecular weight is 294 g/mol. The maximum atomic E-state index is 5.93. The number of nitrogens with one attached hydrogen (secondary N) is 1. The van der Waals surface area contributed by atoms with E-state index in [1.54, 1.807) is 6.20 Å². The Bertz CT molecular complexity index is 545. The van der Waals surface area contributed by atoms with Crippen LogP contribution >= 0.6 is 11.6 Å². The van der Waals surface area contributed by atoms with E-state index in [2.05, 4.69) is 30.5 Å². The fraction of sp³-hybridized carbons (Fsp3) is 0.417. The summed E-state index contributed by atoms with van der Waals surface area (Å²) in [5.74, 6) is 0.995. The largest absolute Gasteiger partial charge is 0.348 e. The first kappa shape index (κ1) is 14.4. The summed E-state index contributed by atoms with van der Waals surface area (Å²) >= 11 is 5.93. The van der Waals surface area contributed by atoms with Gasteiger partial charge in [0, 0.05) is 19.3 Å². The lowest BCUT2D eigenvalue weighted by atomic mass is 10.4. The molecule has 2 aromatic rings. The fourth-order valence-electron chi connectivity index (χ4n) is 1.66. The van der Waals surface area contributed by atoms with Gasteiger partial charge in [-0.1, -0.05) is 0 Å². The minimum atomic E-state index is 0.170. The number of hydrogen-bond acceptors (Lipinski definition) is 7. The molecule has 0 aromatic carbocycles. The second kappa shape index (κ2) is 6.95. The van der Waals surface area contributed by atoms with Gasteiger partial charge in [0.2, 0.25) is 17.2 Å². The summed E-state index contributed by atoms with van der Waals surface area (Å²) in [5, 5.41) is 11.0. The molecule has 0 amide bonds. The van der Waals surface area contributed by atoms with E-state index < -0.39 is 0 Å². The third-order valence-corrected chi connectivity index (χ3v) is 2.87. The second-order valence-corrected chi connectivity index (χ2v) is 4.31. The average Bonchev–Trinajstić information content (AvgIpc) is 2.47. The lowest BCUT2D eigenvalue weighted by Gasteiger charge is -2.18. The van der Waals surface area contributed by atoms with E-state index in [0.29, 0.717) is 18.4 Å². The Morgan fingerprint density at radius 2 is 2.00 bits per heavy atom. The molecular formula is C12H16ClN7. The van der Waals surface area contributed by atoms with Crippen molar-refractivity contribution >= 4 is 23.5 Å². The van der Waals surface area contributed by atoms with Crippen LogP contribution in [0.3, 0.4) is 0 Å². The topological polar surface area (TPSA) is 79.7 Å². The van der Waals surface area contributed by atoms with Crippen LogP contribution in [0.25, 0.3) is 0 Å². The number of hydrogen-bond donors (Lipinski definition) is 1. The van der Waals surface area contributed by atoms with E-state index in [4.69, 9.17) is 11.6 Å². The molecule has 2 heterocycles. The molecule has 0 aliphatic heterocycles.